The number of hydrogen-bond donors (Lipinski definition) is 1. The van der Waals surface area contributed by atoms with E-state index in [2.05, 4.69) is 9.82 Å². The van der Waals surface area contributed by atoms with E-state index in [1.54, 1.807) is 7.05 Å². The van der Waals surface area contributed by atoms with Gasteiger partial charge in [0.15, 0.2) is 5.82 Å². The molecule has 9 heteroatoms. The third-order valence-electron chi connectivity index (χ3n) is 3.81. The number of benzene rings is 2. The zero-order valence-electron chi connectivity index (χ0n) is 14.0. The molecule has 3 aromatic rings. The van der Waals surface area contributed by atoms with Gasteiger partial charge in [-0.05, 0) is 24.3 Å². The first-order valence-electron chi connectivity index (χ1n) is 7.83. The van der Waals surface area contributed by atoms with Gasteiger partial charge in [0, 0.05) is 24.2 Å². The molecule has 0 saturated heterocycles. The van der Waals surface area contributed by atoms with Crippen molar-refractivity contribution in [2.45, 2.75) is 11.4 Å². The van der Waals surface area contributed by atoms with Crippen LogP contribution in [0.3, 0.4) is 0 Å². The molecule has 0 aliphatic heterocycles. The number of sulfonamides is 1. The van der Waals surface area contributed by atoms with Gasteiger partial charge >= 0.3 is 5.69 Å². The van der Waals surface area contributed by atoms with Crippen molar-refractivity contribution < 1.29 is 8.42 Å². The lowest BCUT2D eigenvalue weighted by Crippen LogP contribution is -2.31. The average molecular weight is 393 g/mol. The third-order valence-corrected chi connectivity index (χ3v) is 5.54. The van der Waals surface area contributed by atoms with Crippen LogP contribution in [0.25, 0.3) is 11.4 Å². The zero-order chi connectivity index (χ0) is 18.7. The standard InChI is InChI=1S/C17H17ClN4O3S/c1-21-16(13-5-3-2-4-6-13)20-22(17(21)23)12-11-19-26(24,25)15-9-7-14(18)8-10-15/h2-10,19H,11-12H2,1H3. The summed E-state index contributed by atoms with van der Waals surface area (Å²) in [7, 11) is -2.04. The minimum atomic E-state index is -3.67. The zero-order valence-corrected chi connectivity index (χ0v) is 15.5. The van der Waals surface area contributed by atoms with Gasteiger partial charge < -0.3 is 0 Å². The SMILES string of the molecule is Cn1c(-c2ccccc2)nn(CCNS(=O)(=O)c2ccc(Cl)cc2)c1=O. The van der Waals surface area contributed by atoms with Crippen molar-refractivity contribution in [3.63, 3.8) is 0 Å². The average Bonchev–Trinajstić information content (AvgIpc) is 2.91. The Morgan fingerprint density at radius 1 is 1.08 bits per heavy atom. The predicted octanol–water partition coefficient (Wildman–Crippen LogP) is 1.88. The van der Waals surface area contributed by atoms with Crippen LogP contribution >= 0.6 is 11.6 Å². The summed E-state index contributed by atoms with van der Waals surface area (Å²) in [6, 6.07) is 15.2. The molecule has 26 heavy (non-hydrogen) atoms. The van der Waals surface area contributed by atoms with E-state index in [-0.39, 0.29) is 23.7 Å². The van der Waals surface area contributed by atoms with Gasteiger partial charge in [0.05, 0.1) is 11.4 Å². The van der Waals surface area contributed by atoms with E-state index in [1.165, 1.54) is 33.5 Å². The molecule has 1 N–H and O–H groups in total. The van der Waals surface area contributed by atoms with Crippen molar-refractivity contribution in [1.82, 2.24) is 19.1 Å². The Hall–Kier alpha value is -2.42. The van der Waals surface area contributed by atoms with E-state index < -0.39 is 10.0 Å². The number of nitrogens with one attached hydrogen (secondary N) is 1. The van der Waals surface area contributed by atoms with Gasteiger partial charge in [0.1, 0.15) is 0 Å². The van der Waals surface area contributed by atoms with Crippen LogP contribution in [0.2, 0.25) is 5.02 Å². The lowest BCUT2D eigenvalue weighted by atomic mass is 10.2. The predicted molar refractivity (Wildman–Crippen MR) is 99.5 cm³/mol. The van der Waals surface area contributed by atoms with Gasteiger partial charge in [0.2, 0.25) is 10.0 Å². The highest BCUT2D eigenvalue weighted by atomic mass is 35.5. The van der Waals surface area contributed by atoms with Gasteiger partial charge in [-0.25, -0.2) is 22.6 Å². The van der Waals surface area contributed by atoms with Crippen LogP contribution in [0.4, 0.5) is 0 Å². The second kappa shape index (κ2) is 7.45. The monoisotopic (exact) mass is 392 g/mol. The molecule has 0 bridgehead atoms. The van der Waals surface area contributed by atoms with Crippen molar-refractivity contribution in [3.05, 3.63) is 70.1 Å². The van der Waals surface area contributed by atoms with Crippen molar-refractivity contribution >= 4 is 21.6 Å². The molecule has 0 amide bonds. The molecule has 0 spiro atoms. The molecular weight excluding hydrogens is 376 g/mol. The molecular formula is C17H17ClN4O3S. The Kier molecular flexibility index (Phi) is 5.26. The number of rotatable bonds is 6. The number of halogens is 1. The number of nitrogens with zero attached hydrogens (tertiary/aromatic N) is 3. The Balaban J connectivity index is 1.73. The van der Waals surface area contributed by atoms with E-state index in [4.69, 9.17) is 11.6 Å². The lowest BCUT2D eigenvalue weighted by Gasteiger charge is -2.06. The minimum absolute atomic E-state index is 0.0378. The summed E-state index contributed by atoms with van der Waals surface area (Å²) in [5, 5.41) is 4.75. The number of aromatic nitrogens is 3. The Morgan fingerprint density at radius 2 is 1.73 bits per heavy atom. The molecule has 136 valence electrons. The van der Waals surface area contributed by atoms with Crippen molar-refractivity contribution in [2.24, 2.45) is 7.05 Å². The van der Waals surface area contributed by atoms with Crippen molar-refractivity contribution in [2.75, 3.05) is 6.54 Å². The topological polar surface area (TPSA) is 86.0 Å². The Bertz CT molecular complexity index is 1060. The fourth-order valence-electron chi connectivity index (χ4n) is 2.46. The lowest BCUT2D eigenvalue weighted by molar-refractivity contribution is 0.551. The van der Waals surface area contributed by atoms with Crippen LogP contribution in [-0.2, 0) is 23.6 Å². The van der Waals surface area contributed by atoms with Crippen LogP contribution in [0.15, 0.2) is 64.3 Å². The maximum atomic E-state index is 12.3. The first-order chi connectivity index (χ1) is 12.4. The molecule has 1 aromatic heterocycles. The highest BCUT2D eigenvalue weighted by molar-refractivity contribution is 7.89. The van der Waals surface area contributed by atoms with Gasteiger partial charge in [-0.3, -0.25) is 4.57 Å². The van der Waals surface area contributed by atoms with Crippen LogP contribution < -0.4 is 10.4 Å². The summed E-state index contributed by atoms with van der Waals surface area (Å²) in [5.41, 5.74) is 0.502. The van der Waals surface area contributed by atoms with Gasteiger partial charge in [-0.2, -0.15) is 0 Å². The summed E-state index contributed by atoms with van der Waals surface area (Å²) >= 11 is 5.77. The molecule has 0 saturated carbocycles. The van der Waals surface area contributed by atoms with Gasteiger partial charge in [-0.15, -0.1) is 5.10 Å². The molecule has 7 nitrogen and oxygen atoms in total. The highest BCUT2D eigenvalue weighted by Gasteiger charge is 2.15. The maximum absolute atomic E-state index is 12.3. The van der Waals surface area contributed by atoms with Gasteiger partial charge in [-0.1, -0.05) is 41.9 Å². The fourth-order valence-corrected chi connectivity index (χ4v) is 3.60. The molecule has 0 atom stereocenters. The summed E-state index contributed by atoms with van der Waals surface area (Å²) < 4.78 is 29.6. The van der Waals surface area contributed by atoms with Crippen LogP contribution in [0.5, 0.6) is 0 Å². The quantitative estimate of drug-likeness (QED) is 0.694. The van der Waals surface area contributed by atoms with E-state index >= 15 is 0 Å². The van der Waals surface area contributed by atoms with E-state index in [0.29, 0.717) is 10.8 Å². The van der Waals surface area contributed by atoms with Crippen molar-refractivity contribution in [3.8, 4) is 11.4 Å². The fraction of sp³-hybridized carbons (Fsp3) is 0.176. The summed E-state index contributed by atoms with van der Waals surface area (Å²) in [5.74, 6) is 0.524. The maximum Gasteiger partial charge on any atom is 0.345 e. The normalized spacial score (nSPS) is 11.6. The van der Waals surface area contributed by atoms with Gasteiger partial charge in [0.25, 0.3) is 0 Å². The van der Waals surface area contributed by atoms with Crippen LogP contribution in [0.1, 0.15) is 0 Å². The molecule has 2 aromatic carbocycles. The highest BCUT2D eigenvalue weighted by Crippen LogP contribution is 2.14. The first-order valence-corrected chi connectivity index (χ1v) is 9.69. The van der Waals surface area contributed by atoms with E-state index in [0.717, 1.165) is 5.56 Å². The van der Waals surface area contributed by atoms with Crippen LogP contribution in [-0.4, -0.2) is 29.3 Å². The molecule has 1 heterocycles. The summed E-state index contributed by atoms with van der Waals surface area (Å²) in [6.07, 6.45) is 0. The minimum Gasteiger partial charge on any atom is -0.278 e. The molecule has 0 aliphatic rings. The smallest absolute Gasteiger partial charge is 0.278 e. The Morgan fingerprint density at radius 3 is 2.38 bits per heavy atom. The van der Waals surface area contributed by atoms with E-state index in [1.807, 2.05) is 30.3 Å². The molecule has 3 rings (SSSR count). The summed E-state index contributed by atoms with van der Waals surface area (Å²) in [6.45, 7) is 0.155. The first kappa shape index (κ1) is 18.4. The van der Waals surface area contributed by atoms with Crippen LogP contribution in [0, 0.1) is 0 Å². The second-order valence-electron chi connectivity index (χ2n) is 5.61. The molecule has 0 unspecified atom stereocenters. The van der Waals surface area contributed by atoms with E-state index in [9.17, 15) is 13.2 Å². The molecule has 0 fully saturated rings. The molecule has 0 radical (unpaired) electrons. The third kappa shape index (κ3) is 3.87. The second-order valence-corrected chi connectivity index (χ2v) is 7.81. The molecule has 0 aliphatic carbocycles. The number of hydrogen-bond acceptors (Lipinski definition) is 4. The largest absolute Gasteiger partial charge is 0.345 e. The summed E-state index contributed by atoms with van der Waals surface area (Å²) in [4.78, 5) is 12.4. The Labute approximate surface area is 155 Å². The van der Waals surface area contributed by atoms with Crippen molar-refractivity contribution in [1.29, 1.82) is 0 Å².